The van der Waals surface area contributed by atoms with Gasteiger partial charge in [-0.15, -0.1) is 0 Å². The summed E-state index contributed by atoms with van der Waals surface area (Å²) >= 11 is 0. The summed E-state index contributed by atoms with van der Waals surface area (Å²) in [7, 11) is -3.52. The summed E-state index contributed by atoms with van der Waals surface area (Å²) in [4.78, 5) is 49.3. The first-order valence-electron chi connectivity index (χ1n) is 4.94. The van der Waals surface area contributed by atoms with Crippen molar-refractivity contribution in [2.45, 2.75) is 12.8 Å². The number of rotatable bonds is 8. The molecule has 0 heterocycles. The molecule has 0 atom stereocenters. The number of methoxy groups -OCH3 is 1. The maximum Gasteiger partial charge on any atom is 0.472 e. The molecule has 0 rings (SSSR count). The highest BCUT2D eigenvalue weighted by Gasteiger charge is 2.15. The van der Waals surface area contributed by atoms with Crippen LogP contribution in [0, 0.1) is 0 Å². The first kappa shape index (κ1) is 17.5. The number of Topliss-reactive ketones (excluding diaryl/α,β-unsaturated/α-hetero) is 1. The van der Waals surface area contributed by atoms with Gasteiger partial charge in [-0.05, 0) is 0 Å². The molecule has 0 aliphatic carbocycles. The molecule has 0 fully saturated rings. The Balaban J connectivity index is 3.70. The predicted octanol–water partition coefficient (Wildman–Crippen LogP) is -0.698. The van der Waals surface area contributed by atoms with Gasteiger partial charge in [0.2, 0.25) is 6.79 Å². The van der Waals surface area contributed by atoms with Gasteiger partial charge < -0.3 is 24.6 Å². The standard InChI is InChI=1S/C8H14NO9P/c1-16-7(11)3-2-6(10)4-9-8(12)17-5-18-19(13,14)15/h2-5H2,1H3,(H,9,12)(H2,13,14,15). The van der Waals surface area contributed by atoms with Crippen molar-refractivity contribution in [2.24, 2.45) is 0 Å². The molecule has 0 aliphatic rings. The third kappa shape index (κ3) is 11.3. The zero-order valence-electron chi connectivity index (χ0n) is 10.0. The van der Waals surface area contributed by atoms with Crippen molar-refractivity contribution in [3.05, 3.63) is 0 Å². The number of esters is 1. The number of carbonyl (C=O) groups excluding carboxylic acids is 3. The predicted molar refractivity (Wildman–Crippen MR) is 58.7 cm³/mol. The summed E-state index contributed by atoms with van der Waals surface area (Å²) in [6.45, 7) is -1.34. The van der Waals surface area contributed by atoms with Crippen molar-refractivity contribution in [3.8, 4) is 0 Å². The van der Waals surface area contributed by atoms with Crippen LogP contribution in [0.3, 0.4) is 0 Å². The Labute approximate surface area is 108 Å². The Kier molecular flexibility index (Phi) is 7.92. The van der Waals surface area contributed by atoms with Crippen molar-refractivity contribution < 1.29 is 42.7 Å². The van der Waals surface area contributed by atoms with E-state index in [-0.39, 0.29) is 19.4 Å². The van der Waals surface area contributed by atoms with E-state index < -0.39 is 32.5 Å². The number of hydrogen-bond donors (Lipinski definition) is 3. The van der Waals surface area contributed by atoms with Gasteiger partial charge in [-0.1, -0.05) is 0 Å². The molecule has 0 saturated heterocycles. The zero-order chi connectivity index (χ0) is 14.9. The van der Waals surface area contributed by atoms with E-state index in [0.29, 0.717) is 0 Å². The lowest BCUT2D eigenvalue weighted by molar-refractivity contribution is -0.141. The fourth-order valence-electron chi connectivity index (χ4n) is 0.802. The number of nitrogens with one attached hydrogen (secondary N) is 1. The minimum absolute atomic E-state index is 0.104. The highest BCUT2D eigenvalue weighted by atomic mass is 31.2. The van der Waals surface area contributed by atoms with Gasteiger partial charge in [0.1, 0.15) is 0 Å². The molecule has 0 spiro atoms. The van der Waals surface area contributed by atoms with Gasteiger partial charge in [0.05, 0.1) is 20.1 Å². The van der Waals surface area contributed by atoms with Crippen LogP contribution in [0.25, 0.3) is 0 Å². The summed E-state index contributed by atoms with van der Waals surface area (Å²) in [6.07, 6.45) is -1.29. The first-order valence-corrected chi connectivity index (χ1v) is 6.47. The summed E-state index contributed by atoms with van der Waals surface area (Å²) in [6, 6.07) is 0. The van der Waals surface area contributed by atoms with Gasteiger partial charge in [-0.25, -0.2) is 13.9 Å². The highest BCUT2D eigenvalue weighted by molar-refractivity contribution is 7.46. The van der Waals surface area contributed by atoms with Crippen LogP contribution < -0.4 is 5.32 Å². The third-order valence-electron chi connectivity index (χ3n) is 1.68. The molecule has 0 saturated carbocycles. The van der Waals surface area contributed by atoms with Crippen LogP contribution in [0.1, 0.15) is 12.8 Å². The van der Waals surface area contributed by atoms with Crippen LogP contribution in [0.2, 0.25) is 0 Å². The monoisotopic (exact) mass is 299 g/mol. The van der Waals surface area contributed by atoms with E-state index in [1.54, 1.807) is 0 Å². The Bertz CT molecular complexity index is 376. The Morgan fingerprint density at radius 3 is 2.37 bits per heavy atom. The average Bonchev–Trinajstić information content (AvgIpc) is 2.31. The number of amides is 1. The molecule has 3 N–H and O–H groups in total. The van der Waals surface area contributed by atoms with Crippen LogP contribution in [0.4, 0.5) is 4.79 Å². The zero-order valence-corrected chi connectivity index (χ0v) is 10.9. The summed E-state index contributed by atoms with van der Waals surface area (Å²) in [5, 5.41) is 2.01. The largest absolute Gasteiger partial charge is 0.472 e. The van der Waals surface area contributed by atoms with E-state index in [1.165, 1.54) is 7.11 Å². The fraction of sp³-hybridized carbons (Fsp3) is 0.625. The van der Waals surface area contributed by atoms with Gasteiger partial charge in [-0.2, -0.15) is 0 Å². The number of hydrogen-bond acceptors (Lipinski definition) is 7. The normalized spacial score (nSPS) is 10.7. The smallest absolute Gasteiger partial charge is 0.469 e. The Morgan fingerprint density at radius 2 is 1.84 bits per heavy atom. The molecule has 0 aliphatic heterocycles. The number of phosphoric ester groups is 1. The molecule has 0 aromatic heterocycles. The topological polar surface area (TPSA) is 148 Å². The molecular formula is C8H14NO9P. The van der Waals surface area contributed by atoms with Gasteiger partial charge in [0.15, 0.2) is 5.78 Å². The number of phosphoric acid groups is 1. The second-order valence-corrected chi connectivity index (χ2v) is 4.38. The lowest BCUT2D eigenvalue weighted by atomic mass is 10.2. The maximum atomic E-state index is 11.2. The number of carbonyl (C=O) groups is 3. The molecule has 0 radical (unpaired) electrons. The van der Waals surface area contributed by atoms with Gasteiger partial charge >= 0.3 is 19.9 Å². The van der Waals surface area contributed by atoms with Crippen LogP contribution in [0.15, 0.2) is 0 Å². The van der Waals surface area contributed by atoms with Gasteiger partial charge in [0.25, 0.3) is 0 Å². The molecule has 10 nitrogen and oxygen atoms in total. The summed E-state index contributed by atoms with van der Waals surface area (Å²) in [5.41, 5.74) is 0. The lowest BCUT2D eigenvalue weighted by Gasteiger charge is -2.07. The summed E-state index contributed by atoms with van der Waals surface area (Å²) < 4.78 is 22.6. The van der Waals surface area contributed by atoms with Crippen molar-refractivity contribution in [3.63, 3.8) is 0 Å². The second kappa shape index (κ2) is 8.59. The molecular weight excluding hydrogens is 285 g/mol. The lowest BCUT2D eigenvalue weighted by Crippen LogP contribution is -2.30. The number of ether oxygens (including phenoxy) is 2. The maximum absolute atomic E-state index is 11.2. The second-order valence-electron chi connectivity index (χ2n) is 3.14. The molecule has 11 heteroatoms. The van der Waals surface area contributed by atoms with Crippen molar-refractivity contribution in [1.29, 1.82) is 0 Å². The van der Waals surface area contributed by atoms with E-state index in [2.05, 4.69) is 14.0 Å². The minimum Gasteiger partial charge on any atom is -0.469 e. The number of ketones is 1. The molecule has 1 amide bonds. The van der Waals surface area contributed by atoms with Gasteiger partial charge in [-0.3, -0.25) is 9.59 Å². The Morgan fingerprint density at radius 1 is 1.21 bits per heavy atom. The molecule has 19 heavy (non-hydrogen) atoms. The van der Waals surface area contributed by atoms with E-state index in [4.69, 9.17) is 9.79 Å². The van der Waals surface area contributed by atoms with Gasteiger partial charge in [0, 0.05) is 6.42 Å². The molecule has 0 bridgehead atoms. The molecule has 0 aromatic carbocycles. The molecule has 110 valence electrons. The van der Waals surface area contributed by atoms with Crippen LogP contribution >= 0.6 is 7.82 Å². The minimum atomic E-state index is -4.71. The van der Waals surface area contributed by atoms with Crippen LogP contribution in [0.5, 0.6) is 0 Å². The van der Waals surface area contributed by atoms with E-state index in [1.807, 2.05) is 5.32 Å². The van der Waals surface area contributed by atoms with Crippen molar-refractivity contribution in [2.75, 3.05) is 20.4 Å². The third-order valence-corrected chi connectivity index (χ3v) is 2.12. The summed E-state index contributed by atoms with van der Waals surface area (Å²) in [5.74, 6) is -0.982. The van der Waals surface area contributed by atoms with E-state index >= 15 is 0 Å². The molecule has 0 unspecified atom stereocenters. The van der Waals surface area contributed by atoms with E-state index in [9.17, 15) is 18.9 Å². The highest BCUT2D eigenvalue weighted by Crippen LogP contribution is 2.35. The van der Waals surface area contributed by atoms with Crippen LogP contribution in [-0.4, -0.2) is 48.1 Å². The quantitative estimate of drug-likeness (QED) is 0.300. The first-order chi connectivity index (χ1) is 8.74. The number of alkyl carbamates (subject to hydrolysis) is 1. The fourth-order valence-corrected chi connectivity index (χ4v) is 0.992. The SMILES string of the molecule is COC(=O)CCC(=O)CNC(=O)OCOP(=O)(O)O. The Hall–Kier alpha value is -1.48. The molecule has 0 aromatic rings. The van der Waals surface area contributed by atoms with Crippen molar-refractivity contribution in [1.82, 2.24) is 5.32 Å². The van der Waals surface area contributed by atoms with Crippen LogP contribution in [-0.2, 0) is 28.2 Å². The van der Waals surface area contributed by atoms with Crippen molar-refractivity contribution >= 4 is 25.7 Å². The van der Waals surface area contributed by atoms with E-state index in [0.717, 1.165) is 0 Å². The average molecular weight is 299 g/mol.